The minimum atomic E-state index is 1.10. The average molecular weight is 112 g/mol. The van der Waals surface area contributed by atoms with Crippen molar-refractivity contribution in [3.05, 3.63) is 11.9 Å². The summed E-state index contributed by atoms with van der Waals surface area (Å²) in [6, 6.07) is 0. The molecule has 0 amide bonds. The maximum absolute atomic E-state index is 5.28. The molecule has 1 rings (SSSR count). The zero-order chi connectivity index (χ0) is 5.82. The average Bonchev–Trinajstić information content (AvgIpc) is 1.90. The summed E-state index contributed by atoms with van der Waals surface area (Å²) >= 11 is 0. The van der Waals surface area contributed by atoms with Gasteiger partial charge < -0.3 is 11.1 Å². The fourth-order valence-corrected chi connectivity index (χ4v) is 0.920. The lowest BCUT2D eigenvalue weighted by Gasteiger charge is -2.14. The first kappa shape index (κ1) is 5.48. The molecule has 0 aromatic rings. The molecule has 0 bridgehead atoms. The van der Waals surface area contributed by atoms with E-state index in [2.05, 4.69) is 5.32 Å². The van der Waals surface area contributed by atoms with Crippen LogP contribution in [0.15, 0.2) is 11.9 Å². The van der Waals surface area contributed by atoms with Crippen LogP contribution in [0.2, 0.25) is 0 Å². The Bertz CT molecular complexity index is 88.7. The summed E-state index contributed by atoms with van der Waals surface area (Å²) in [5.74, 6) is 0. The van der Waals surface area contributed by atoms with Crippen LogP contribution in [0.3, 0.4) is 0 Å². The molecule has 3 N–H and O–H groups in total. The summed E-state index contributed by atoms with van der Waals surface area (Å²) in [6.07, 6.45) is 5.38. The van der Waals surface area contributed by atoms with Gasteiger partial charge in [0, 0.05) is 18.4 Å². The Labute approximate surface area is 49.8 Å². The topological polar surface area (TPSA) is 38.0 Å². The smallest absolute Gasteiger partial charge is 0.0264 e. The summed E-state index contributed by atoms with van der Waals surface area (Å²) in [7, 11) is 0. The maximum Gasteiger partial charge on any atom is 0.0264 e. The first-order valence-corrected chi connectivity index (χ1v) is 3.08. The second-order valence-electron chi connectivity index (χ2n) is 2.08. The lowest BCUT2D eigenvalue weighted by atomic mass is 10.1. The van der Waals surface area contributed by atoms with Crippen LogP contribution in [0.25, 0.3) is 0 Å². The van der Waals surface area contributed by atoms with Crippen molar-refractivity contribution in [3.8, 4) is 0 Å². The molecule has 1 aliphatic heterocycles. The van der Waals surface area contributed by atoms with Gasteiger partial charge in [-0.05, 0) is 19.3 Å². The predicted molar refractivity (Wildman–Crippen MR) is 34.1 cm³/mol. The minimum Gasteiger partial charge on any atom is -0.403 e. The van der Waals surface area contributed by atoms with E-state index in [1.54, 1.807) is 6.20 Å². The molecule has 8 heavy (non-hydrogen) atoms. The molecule has 46 valence electrons. The molecule has 0 aromatic carbocycles. The van der Waals surface area contributed by atoms with Gasteiger partial charge in [0.15, 0.2) is 0 Å². The van der Waals surface area contributed by atoms with Gasteiger partial charge in [-0.15, -0.1) is 0 Å². The number of hydrogen-bond donors (Lipinski definition) is 2. The van der Waals surface area contributed by atoms with Crippen LogP contribution in [-0.4, -0.2) is 6.54 Å². The third-order valence-corrected chi connectivity index (χ3v) is 1.43. The lowest BCUT2D eigenvalue weighted by Crippen LogP contribution is -2.20. The highest BCUT2D eigenvalue weighted by atomic mass is 14.9. The summed E-state index contributed by atoms with van der Waals surface area (Å²) in [5.41, 5.74) is 6.48. The van der Waals surface area contributed by atoms with Crippen LogP contribution < -0.4 is 11.1 Å². The summed E-state index contributed by atoms with van der Waals surface area (Å²) in [4.78, 5) is 0. The summed E-state index contributed by atoms with van der Waals surface area (Å²) in [6.45, 7) is 1.10. The van der Waals surface area contributed by atoms with Gasteiger partial charge >= 0.3 is 0 Å². The molecule has 0 radical (unpaired) electrons. The van der Waals surface area contributed by atoms with Crippen molar-refractivity contribution in [3.63, 3.8) is 0 Å². The molecule has 0 atom stereocenters. The van der Waals surface area contributed by atoms with E-state index in [-0.39, 0.29) is 0 Å². The maximum atomic E-state index is 5.28. The highest BCUT2D eigenvalue weighted by Crippen LogP contribution is 2.07. The lowest BCUT2D eigenvalue weighted by molar-refractivity contribution is 0.586. The fourth-order valence-electron chi connectivity index (χ4n) is 0.920. The minimum absolute atomic E-state index is 1.10. The van der Waals surface area contributed by atoms with E-state index < -0.39 is 0 Å². The molecular formula is C6H12N2. The first-order chi connectivity index (χ1) is 3.93. The third-order valence-electron chi connectivity index (χ3n) is 1.43. The molecule has 1 fully saturated rings. The van der Waals surface area contributed by atoms with E-state index in [1.807, 2.05) is 0 Å². The Balaban J connectivity index is 2.33. The van der Waals surface area contributed by atoms with Gasteiger partial charge in [0.25, 0.3) is 0 Å². The number of hydrogen-bond acceptors (Lipinski definition) is 2. The first-order valence-electron chi connectivity index (χ1n) is 3.08. The Kier molecular flexibility index (Phi) is 1.78. The van der Waals surface area contributed by atoms with Gasteiger partial charge in [-0.3, -0.25) is 0 Å². The zero-order valence-electron chi connectivity index (χ0n) is 4.98. The van der Waals surface area contributed by atoms with Crippen LogP contribution >= 0.6 is 0 Å². The van der Waals surface area contributed by atoms with Crippen LogP contribution in [0, 0.1) is 0 Å². The van der Waals surface area contributed by atoms with Crippen molar-refractivity contribution in [2.75, 3.05) is 6.54 Å². The van der Waals surface area contributed by atoms with Gasteiger partial charge in [-0.25, -0.2) is 0 Å². The van der Waals surface area contributed by atoms with E-state index in [4.69, 9.17) is 5.73 Å². The van der Waals surface area contributed by atoms with Crippen molar-refractivity contribution in [1.29, 1.82) is 0 Å². The highest BCUT2D eigenvalue weighted by molar-refractivity contribution is 4.98. The van der Waals surface area contributed by atoms with E-state index in [0.717, 1.165) is 13.0 Å². The Morgan fingerprint density at radius 3 is 2.75 bits per heavy atom. The van der Waals surface area contributed by atoms with Crippen LogP contribution in [0.5, 0.6) is 0 Å². The van der Waals surface area contributed by atoms with E-state index in [0.29, 0.717) is 0 Å². The van der Waals surface area contributed by atoms with Crippen LogP contribution in [-0.2, 0) is 0 Å². The molecule has 1 aliphatic rings. The van der Waals surface area contributed by atoms with Gasteiger partial charge in [0.2, 0.25) is 0 Å². The van der Waals surface area contributed by atoms with E-state index in [9.17, 15) is 0 Å². The second kappa shape index (κ2) is 2.60. The number of rotatable bonds is 0. The van der Waals surface area contributed by atoms with E-state index in [1.165, 1.54) is 18.5 Å². The number of nitrogens with two attached hydrogens (primary N) is 1. The van der Waals surface area contributed by atoms with Crippen molar-refractivity contribution >= 4 is 0 Å². The number of nitrogens with one attached hydrogen (secondary N) is 1. The van der Waals surface area contributed by atoms with Gasteiger partial charge in [0.1, 0.15) is 0 Å². The molecule has 2 heteroatoms. The van der Waals surface area contributed by atoms with Crippen LogP contribution in [0.4, 0.5) is 0 Å². The zero-order valence-corrected chi connectivity index (χ0v) is 4.98. The molecule has 0 aromatic heterocycles. The van der Waals surface area contributed by atoms with Crippen LogP contribution in [0.1, 0.15) is 19.3 Å². The van der Waals surface area contributed by atoms with E-state index >= 15 is 0 Å². The third kappa shape index (κ3) is 1.15. The number of allylic oxidation sites excluding steroid dienone is 1. The standard InChI is InChI=1S/C6H12N2/c7-5-6-3-1-2-4-8-6/h5,8H,1-4,7H2. The fraction of sp³-hybridized carbons (Fsp3) is 0.667. The Morgan fingerprint density at radius 1 is 1.50 bits per heavy atom. The van der Waals surface area contributed by atoms with Gasteiger partial charge in [0.05, 0.1) is 0 Å². The quantitative estimate of drug-likeness (QED) is 0.480. The predicted octanol–water partition coefficient (Wildman–Crippen LogP) is 0.560. The summed E-state index contributed by atoms with van der Waals surface area (Å²) < 4.78 is 0. The molecule has 0 saturated carbocycles. The molecule has 0 spiro atoms. The molecule has 1 saturated heterocycles. The molecule has 1 heterocycles. The highest BCUT2D eigenvalue weighted by Gasteiger charge is 2.00. The van der Waals surface area contributed by atoms with Crippen molar-refractivity contribution in [2.45, 2.75) is 19.3 Å². The van der Waals surface area contributed by atoms with Crippen molar-refractivity contribution < 1.29 is 0 Å². The Morgan fingerprint density at radius 2 is 2.38 bits per heavy atom. The molecule has 0 aliphatic carbocycles. The van der Waals surface area contributed by atoms with Gasteiger partial charge in [-0.1, -0.05) is 0 Å². The monoisotopic (exact) mass is 112 g/mol. The van der Waals surface area contributed by atoms with Crippen molar-refractivity contribution in [1.82, 2.24) is 5.32 Å². The largest absolute Gasteiger partial charge is 0.403 e. The molecule has 2 nitrogen and oxygen atoms in total. The Hall–Kier alpha value is -0.660. The normalized spacial score (nSPS) is 25.2. The SMILES string of the molecule is NC=C1CCCCN1. The number of piperidine rings is 1. The molecule has 0 unspecified atom stereocenters. The van der Waals surface area contributed by atoms with Gasteiger partial charge in [-0.2, -0.15) is 0 Å². The summed E-state index contributed by atoms with van der Waals surface area (Å²) in [5, 5.41) is 3.20. The van der Waals surface area contributed by atoms with Crippen molar-refractivity contribution in [2.24, 2.45) is 5.73 Å². The second-order valence-corrected chi connectivity index (χ2v) is 2.08. The molecular weight excluding hydrogens is 100 g/mol.